The van der Waals surface area contributed by atoms with Crippen molar-refractivity contribution >= 4 is 40.1 Å². The lowest BCUT2D eigenvalue weighted by atomic mass is 10.1. The Morgan fingerprint density at radius 2 is 2.04 bits per heavy atom. The van der Waals surface area contributed by atoms with Crippen LogP contribution in [0.25, 0.3) is 0 Å². The fourth-order valence-corrected chi connectivity index (χ4v) is 2.51. The van der Waals surface area contributed by atoms with Gasteiger partial charge in [0, 0.05) is 23.7 Å². The number of nitro groups is 1. The molecule has 0 spiro atoms. The molecule has 23 heavy (non-hydrogen) atoms. The van der Waals surface area contributed by atoms with Crippen molar-refractivity contribution in [3.8, 4) is 0 Å². The van der Waals surface area contributed by atoms with Crippen molar-refractivity contribution in [3.63, 3.8) is 0 Å². The van der Waals surface area contributed by atoms with Crippen LogP contribution >= 0.6 is 11.5 Å². The first-order chi connectivity index (χ1) is 11.0. The first kappa shape index (κ1) is 14.7. The molecular weight excluding hydrogens is 326 g/mol. The summed E-state index contributed by atoms with van der Waals surface area (Å²) in [6, 6.07) is 3.36. The van der Waals surface area contributed by atoms with E-state index in [9.17, 15) is 24.5 Å². The number of non-ortho nitro benzene ring substituents is 1. The van der Waals surface area contributed by atoms with E-state index in [1.165, 1.54) is 12.4 Å². The van der Waals surface area contributed by atoms with E-state index in [1.54, 1.807) is 0 Å². The van der Waals surface area contributed by atoms with Gasteiger partial charge >= 0.3 is 0 Å². The third kappa shape index (κ3) is 2.64. The lowest BCUT2D eigenvalue weighted by molar-refractivity contribution is -0.384. The quantitative estimate of drug-likeness (QED) is 0.493. The number of benzene rings is 1. The summed E-state index contributed by atoms with van der Waals surface area (Å²) < 4.78 is 3.70. The van der Waals surface area contributed by atoms with Crippen LogP contribution in [0.15, 0.2) is 24.5 Å². The van der Waals surface area contributed by atoms with Crippen LogP contribution in [0.1, 0.15) is 20.7 Å². The standard InChI is InChI=1S/C12H7N5O5S/c18-9(15-12-13-5-14-23-12)4-16-10(19)7-2-1-6(17(21)22)3-8(7)11(16)20/h1-3,5H,4H2,(H,13,14,15,18). The number of nitro benzene ring substituents is 1. The molecule has 2 heterocycles. The average molecular weight is 333 g/mol. The molecule has 0 radical (unpaired) electrons. The molecule has 0 atom stereocenters. The number of imide groups is 1. The Morgan fingerprint density at radius 1 is 1.30 bits per heavy atom. The van der Waals surface area contributed by atoms with E-state index in [0.29, 0.717) is 0 Å². The first-order valence-corrected chi connectivity index (χ1v) is 6.96. The number of nitrogens with zero attached hydrogens (tertiary/aromatic N) is 4. The molecule has 11 heteroatoms. The molecule has 1 aromatic carbocycles. The van der Waals surface area contributed by atoms with E-state index in [-0.39, 0.29) is 21.9 Å². The van der Waals surface area contributed by atoms with E-state index < -0.39 is 29.2 Å². The molecule has 1 aliphatic rings. The molecule has 3 amide bonds. The van der Waals surface area contributed by atoms with Crippen LogP contribution in [-0.4, -0.2) is 43.4 Å². The number of carbonyl (C=O) groups is 3. The van der Waals surface area contributed by atoms with Gasteiger partial charge in [-0.1, -0.05) is 0 Å². The van der Waals surface area contributed by atoms with Gasteiger partial charge in [0.15, 0.2) is 0 Å². The van der Waals surface area contributed by atoms with Gasteiger partial charge in [-0.05, 0) is 6.07 Å². The molecule has 3 rings (SSSR count). The monoisotopic (exact) mass is 333 g/mol. The van der Waals surface area contributed by atoms with Gasteiger partial charge < -0.3 is 0 Å². The highest BCUT2D eigenvalue weighted by atomic mass is 32.1. The zero-order valence-corrected chi connectivity index (χ0v) is 12.1. The Labute approximate surface area is 132 Å². The maximum Gasteiger partial charge on any atom is 0.270 e. The van der Waals surface area contributed by atoms with Crippen LogP contribution < -0.4 is 5.32 Å². The summed E-state index contributed by atoms with van der Waals surface area (Å²) in [5.41, 5.74) is -0.359. The number of anilines is 1. The number of rotatable bonds is 4. The number of hydrogen-bond acceptors (Lipinski definition) is 8. The Balaban J connectivity index is 1.80. The largest absolute Gasteiger partial charge is 0.299 e. The number of amides is 3. The van der Waals surface area contributed by atoms with E-state index in [1.807, 2.05) is 0 Å². The summed E-state index contributed by atoms with van der Waals surface area (Å²) in [5.74, 6) is -2.04. The number of aromatic nitrogens is 2. The minimum absolute atomic E-state index is 0.0318. The molecule has 0 saturated heterocycles. The normalized spacial score (nSPS) is 13.1. The fourth-order valence-electron chi connectivity index (χ4n) is 2.07. The fraction of sp³-hybridized carbons (Fsp3) is 0.0833. The predicted octanol–water partition coefficient (Wildman–Crippen LogP) is 0.681. The van der Waals surface area contributed by atoms with Crippen molar-refractivity contribution in [2.75, 3.05) is 11.9 Å². The van der Waals surface area contributed by atoms with Gasteiger partial charge in [0.25, 0.3) is 17.5 Å². The highest BCUT2D eigenvalue weighted by molar-refractivity contribution is 7.09. The molecule has 0 aliphatic carbocycles. The highest BCUT2D eigenvalue weighted by Crippen LogP contribution is 2.26. The summed E-state index contributed by atoms with van der Waals surface area (Å²) in [7, 11) is 0. The maximum atomic E-state index is 12.2. The van der Waals surface area contributed by atoms with Crippen LogP contribution in [0, 0.1) is 10.1 Å². The minimum Gasteiger partial charge on any atom is -0.299 e. The molecule has 10 nitrogen and oxygen atoms in total. The van der Waals surface area contributed by atoms with Gasteiger partial charge in [0.2, 0.25) is 11.0 Å². The number of hydrogen-bond donors (Lipinski definition) is 1. The summed E-state index contributed by atoms with van der Waals surface area (Å²) >= 11 is 0.947. The molecule has 0 fully saturated rings. The maximum absolute atomic E-state index is 12.2. The van der Waals surface area contributed by atoms with Crippen molar-refractivity contribution < 1.29 is 19.3 Å². The summed E-state index contributed by atoms with van der Waals surface area (Å²) in [6.45, 7) is -0.514. The summed E-state index contributed by atoms with van der Waals surface area (Å²) in [4.78, 5) is 50.8. The van der Waals surface area contributed by atoms with Crippen LogP contribution in [0.2, 0.25) is 0 Å². The van der Waals surface area contributed by atoms with E-state index >= 15 is 0 Å². The average Bonchev–Trinajstić information content (AvgIpc) is 3.10. The van der Waals surface area contributed by atoms with Crippen LogP contribution in [0.4, 0.5) is 10.8 Å². The topological polar surface area (TPSA) is 135 Å². The van der Waals surface area contributed by atoms with E-state index in [2.05, 4.69) is 14.7 Å². The SMILES string of the molecule is O=C(CN1C(=O)c2ccc([N+](=O)[O-])cc2C1=O)Nc1ncns1. The van der Waals surface area contributed by atoms with Gasteiger partial charge in [0.1, 0.15) is 12.9 Å². The molecule has 1 N–H and O–H groups in total. The Kier molecular flexibility index (Phi) is 3.54. The zero-order chi connectivity index (χ0) is 16.6. The minimum atomic E-state index is -0.749. The number of nitrogens with one attached hydrogen (secondary N) is 1. The molecule has 116 valence electrons. The second kappa shape index (κ2) is 5.53. The lowest BCUT2D eigenvalue weighted by Gasteiger charge is -2.12. The summed E-state index contributed by atoms with van der Waals surface area (Å²) in [6.07, 6.45) is 1.25. The first-order valence-electron chi connectivity index (χ1n) is 6.18. The number of carbonyl (C=O) groups excluding carboxylic acids is 3. The number of fused-ring (bicyclic) bond motifs is 1. The van der Waals surface area contributed by atoms with Crippen molar-refractivity contribution in [2.24, 2.45) is 0 Å². The molecule has 1 aromatic heterocycles. The zero-order valence-electron chi connectivity index (χ0n) is 11.3. The van der Waals surface area contributed by atoms with Gasteiger partial charge in [-0.3, -0.25) is 34.7 Å². The van der Waals surface area contributed by atoms with Gasteiger partial charge in [-0.15, -0.1) is 0 Å². The van der Waals surface area contributed by atoms with Crippen molar-refractivity contribution in [2.45, 2.75) is 0 Å². The van der Waals surface area contributed by atoms with Gasteiger partial charge in [-0.25, -0.2) is 4.98 Å². The van der Waals surface area contributed by atoms with Crippen molar-refractivity contribution in [1.82, 2.24) is 14.3 Å². The summed E-state index contributed by atoms with van der Waals surface area (Å²) in [5, 5.41) is 13.4. The second-order valence-corrected chi connectivity index (χ2v) is 5.26. The Morgan fingerprint density at radius 3 is 2.70 bits per heavy atom. The third-order valence-electron chi connectivity index (χ3n) is 3.07. The molecule has 0 bridgehead atoms. The van der Waals surface area contributed by atoms with Crippen LogP contribution in [0.3, 0.4) is 0 Å². The molecule has 2 aromatic rings. The lowest BCUT2D eigenvalue weighted by Crippen LogP contribution is -2.37. The van der Waals surface area contributed by atoms with E-state index in [4.69, 9.17) is 0 Å². The second-order valence-electron chi connectivity index (χ2n) is 4.48. The predicted molar refractivity (Wildman–Crippen MR) is 77.0 cm³/mol. The molecular formula is C12H7N5O5S. The molecule has 1 aliphatic heterocycles. The molecule has 0 saturated carbocycles. The van der Waals surface area contributed by atoms with Crippen LogP contribution in [-0.2, 0) is 4.79 Å². The highest BCUT2D eigenvalue weighted by Gasteiger charge is 2.37. The van der Waals surface area contributed by atoms with Crippen molar-refractivity contribution in [3.05, 3.63) is 45.8 Å². The van der Waals surface area contributed by atoms with Gasteiger partial charge in [0.05, 0.1) is 16.1 Å². The smallest absolute Gasteiger partial charge is 0.270 e. The Hall–Kier alpha value is -3.21. The third-order valence-corrected chi connectivity index (χ3v) is 3.65. The van der Waals surface area contributed by atoms with Gasteiger partial charge in [-0.2, -0.15) is 4.37 Å². The van der Waals surface area contributed by atoms with Crippen LogP contribution in [0.5, 0.6) is 0 Å². The van der Waals surface area contributed by atoms with Crippen molar-refractivity contribution in [1.29, 1.82) is 0 Å². The molecule has 0 unspecified atom stereocenters. The van der Waals surface area contributed by atoms with E-state index in [0.717, 1.165) is 28.6 Å². The Bertz CT molecular complexity index is 834.